The predicted molar refractivity (Wildman–Crippen MR) is 170 cm³/mol. The van der Waals surface area contributed by atoms with E-state index in [-0.39, 0.29) is 23.8 Å². The fraction of sp³-hybridized carbons (Fsp3) is 0.667. The Hall–Kier alpha value is -3.51. The number of ether oxygens (including phenoxy) is 3. The number of aryl methyl sites for hydroxylation is 1. The smallest absolute Gasteiger partial charge is 0.410 e. The molecule has 0 saturated carbocycles. The molecule has 12 nitrogen and oxygen atoms in total. The first kappa shape index (κ1) is 34.4. The molecule has 4 rings (SSSR count). The highest BCUT2D eigenvalue weighted by atomic mass is 16.6. The zero-order chi connectivity index (χ0) is 32.7. The summed E-state index contributed by atoms with van der Waals surface area (Å²) in [5, 5.41) is 12.1. The molecule has 1 amide bonds. The molecule has 2 saturated heterocycles. The van der Waals surface area contributed by atoms with Gasteiger partial charge in [-0.3, -0.25) is 19.2 Å². The van der Waals surface area contributed by atoms with Crippen LogP contribution in [0.2, 0.25) is 0 Å². The molecular weight excluding hydrogens is 576 g/mol. The van der Waals surface area contributed by atoms with E-state index in [0.717, 1.165) is 30.5 Å². The van der Waals surface area contributed by atoms with E-state index in [1.807, 2.05) is 58.2 Å². The number of cyclic esters (lactones) is 1. The van der Waals surface area contributed by atoms with Gasteiger partial charge in [0.25, 0.3) is 0 Å². The first-order valence-electron chi connectivity index (χ1n) is 16.2. The van der Waals surface area contributed by atoms with Crippen molar-refractivity contribution in [2.75, 3.05) is 25.9 Å². The monoisotopic (exact) mass is 626 g/mol. The van der Waals surface area contributed by atoms with Gasteiger partial charge in [-0.2, -0.15) is 0 Å². The topological polar surface area (TPSA) is 151 Å². The van der Waals surface area contributed by atoms with Gasteiger partial charge < -0.3 is 25.3 Å². The third-order valence-corrected chi connectivity index (χ3v) is 9.32. The number of methoxy groups -OCH3 is 1. The van der Waals surface area contributed by atoms with E-state index >= 15 is 0 Å². The van der Waals surface area contributed by atoms with Crippen LogP contribution in [-0.2, 0) is 30.3 Å². The summed E-state index contributed by atoms with van der Waals surface area (Å²) < 4.78 is 19.5. The summed E-state index contributed by atoms with van der Waals surface area (Å²) in [6, 6.07) is 7.02. The van der Waals surface area contributed by atoms with Crippen LogP contribution in [0, 0.1) is 11.8 Å². The van der Waals surface area contributed by atoms with Crippen molar-refractivity contribution in [3.63, 3.8) is 0 Å². The van der Waals surface area contributed by atoms with Crippen LogP contribution in [0.5, 0.6) is 0 Å². The number of esters is 1. The number of nitrogens with two attached hydrogens (primary N) is 1. The first-order chi connectivity index (χ1) is 21.5. The molecule has 248 valence electrons. The maximum Gasteiger partial charge on any atom is 0.410 e. The first-order valence-corrected chi connectivity index (χ1v) is 16.2. The van der Waals surface area contributed by atoms with Crippen LogP contribution in [0.1, 0.15) is 73.1 Å². The van der Waals surface area contributed by atoms with Gasteiger partial charge in [0.15, 0.2) is 6.10 Å². The number of rotatable bonds is 8. The van der Waals surface area contributed by atoms with Gasteiger partial charge in [-0.1, -0.05) is 31.2 Å². The number of benzene rings is 1. The van der Waals surface area contributed by atoms with E-state index in [2.05, 4.69) is 15.6 Å². The van der Waals surface area contributed by atoms with Crippen molar-refractivity contribution in [1.29, 1.82) is 0 Å². The Labute approximate surface area is 266 Å². The molecule has 0 aliphatic carbocycles. The molecule has 3 heterocycles. The minimum atomic E-state index is -0.931. The highest BCUT2D eigenvalue weighted by Crippen LogP contribution is 2.31. The Morgan fingerprint density at radius 1 is 1.13 bits per heavy atom. The predicted octanol–water partition coefficient (Wildman–Crippen LogP) is 4.23. The number of amides is 1. The number of carbonyl (C=O) groups excluding carboxylic acids is 3. The van der Waals surface area contributed by atoms with Crippen molar-refractivity contribution in [3.05, 3.63) is 30.5 Å². The second-order valence-electron chi connectivity index (χ2n) is 12.8. The number of fused-ring (bicyclic) bond motifs is 1. The molecule has 2 aliphatic heterocycles. The van der Waals surface area contributed by atoms with Crippen molar-refractivity contribution < 1.29 is 28.6 Å². The summed E-state index contributed by atoms with van der Waals surface area (Å²) in [6.07, 6.45) is 4.12. The van der Waals surface area contributed by atoms with E-state index in [4.69, 9.17) is 19.9 Å². The van der Waals surface area contributed by atoms with Crippen LogP contribution in [0.3, 0.4) is 0 Å². The summed E-state index contributed by atoms with van der Waals surface area (Å²) in [4.78, 5) is 41.5. The zero-order valence-electron chi connectivity index (χ0n) is 27.5. The molecule has 0 bridgehead atoms. The van der Waals surface area contributed by atoms with Crippen molar-refractivity contribution in [1.82, 2.24) is 25.2 Å². The molecule has 12 heteroatoms. The molecule has 1 aromatic heterocycles. The molecule has 0 unspecified atom stereocenters. The summed E-state index contributed by atoms with van der Waals surface area (Å²) in [5.74, 6) is -2.07. The largest absolute Gasteiger partial charge is 0.458 e. The lowest BCUT2D eigenvalue weighted by Gasteiger charge is -2.34. The number of hydrogen-bond acceptors (Lipinski definition) is 10. The summed E-state index contributed by atoms with van der Waals surface area (Å²) in [5.41, 5.74) is 7.73. The average Bonchev–Trinajstić information content (AvgIpc) is 3.63. The van der Waals surface area contributed by atoms with Gasteiger partial charge in [0.1, 0.15) is 23.5 Å². The highest BCUT2D eigenvalue weighted by molar-refractivity contribution is 5.99. The molecule has 1 aromatic carbocycles. The third kappa shape index (κ3) is 8.40. The minimum Gasteiger partial charge on any atom is -0.458 e. The SMILES string of the molecule is CC[C@H]1OC(=O)[C@H](C)C(=O)[C@H](C)C[C@](C)(OC)CCCN[C@H](C)[C@@H]2[C@@H]1OC(=O)N2CCCCn1cc(-c2cccc(N)c2)nn1. The number of nitrogens with zero attached hydrogens (tertiary/aromatic N) is 4. The molecular formula is C33H50N6O6. The number of aromatic nitrogens is 3. The molecule has 3 N–H and O–H groups in total. The number of anilines is 1. The second kappa shape index (κ2) is 15.2. The number of nitrogens with one attached hydrogen (secondary N) is 1. The molecule has 0 radical (unpaired) electrons. The summed E-state index contributed by atoms with van der Waals surface area (Å²) in [6.45, 7) is 11.2. The Balaban J connectivity index is 1.46. The van der Waals surface area contributed by atoms with Gasteiger partial charge in [0.2, 0.25) is 0 Å². The van der Waals surface area contributed by atoms with E-state index in [0.29, 0.717) is 44.6 Å². The molecule has 0 spiro atoms. The maximum absolute atomic E-state index is 13.3. The van der Waals surface area contributed by atoms with Crippen molar-refractivity contribution in [3.8, 4) is 11.3 Å². The average molecular weight is 627 g/mol. The highest BCUT2D eigenvalue weighted by Gasteiger charge is 2.49. The summed E-state index contributed by atoms with van der Waals surface area (Å²) in [7, 11) is 1.66. The van der Waals surface area contributed by atoms with Crippen LogP contribution in [0.4, 0.5) is 10.5 Å². The lowest BCUT2D eigenvalue weighted by Crippen LogP contribution is -2.54. The van der Waals surface area contributed by atoms with Crippen LogP contribution in [-0.4, -0.2) is 87.8 Å². The molecule has 2 aliphatic rings. The van der Waals surface area contributed by atoms with E-state index < -0.39 is 35.8 Å². The van der Waals surface area contributed by atoms with Crippen LogP contribution >= 0.6 is 0 Å². The van der Waals surface area contributed by atoms with Crippen molar-refractivity contribution in [2.45, 2.75) is 110 Å². The van der Waals surface area contributed by atoms with Gasteiger partial charge in [0.05, 0.1) is 17.8 Å². The number of hydrogen-bond donors (Lipinski definition) is 2. The van der Waals surface area contributed by atoms with Crippen LogP contribution < -0.4 is 11.1 Å². The quantitative estimate of drug-likeness (QED) is 0.189. The Bertz CT molecular complexity index is 1320. The van der Waals surface area contributed by atoms with Crippen molar-refractivity contribution in [2.24, 2.45) is 11.8 Å². The van der Waals surface area contributed by atoms with Gasteiger partial charge in [0, 0.05) is 43.4 Å². The third-order valence-electron chi connectivity index (χ3n) is 9.32. The van der Waals surface area contributed by atoms with E-state index in [1.54, 1.807) is 23.6 Å². The number of ketones is 1. The maximum atomic E-state index is 13.3. The number of Topliss-reactive ketones (excluding diaryl/α,β-unsaturated/α-hetero) is 1. The lowest BCUT2D eigenvalue weighted by atomic mass is 9.83. The van der Waals surface area contributed by atoms with Crippen molar-refractivity contribution >= 4 is 23.5 Å². The Morgan fingerprint density at radius 2 is 1.89 bits per heavy atom. The number of nitrogen functional groups attached to an aromatic ring is 1. The van der Waals surface area contributed by atoms with Crippen LogP contribution in [0.15, 0.2) is 30.5 Å². The molecule has 45 heavy (non-hydrogen) atoms. The fourth-order valence-corrected chi connectivity index (χ4v) is 6.56. The van der Waals surface area contributed by atoms with E-state index in [1.165, 1.54) is 0 Å². The standard InChI is InChI=1S/C33H50N6O6/c1-7-27-30-28(23(4)35-15-11-14-33(5,43-6)19-21(2)29(40)22(3)31(41)44-27)39(32(42)45-30)17-9-8-16-38-20-26(36-37-38)24-12-10-13-25(34)18-24/h10,12-13,18,20-23,27-28,30,35H,7-9,11,14-17,19,34H2,1-6H3/t21-,22-,23-,27-,28-,30-,33-/m1/s1. The van der Waals surface area contributed by atoms with Gasteiger partial charge in [-0.25, -0.2) is 4.79 Å². The lowest BCUT2D eigenvalue weighted by molar-refractivity contribution is -0.162. The summed E-state index contributed by atoms with van der Waals surface area (Å²) >= 11 is 0. The van der Waals surface area contributed by atoms with Gasteiger partial charge in [-0.05, 0) is 78.0 Å². The molecule has 2 aromatic rings. The zero-order valence-corrected chi connectivity index (χ0v) is 27.5. The number of unbranched alkanes of at least 4 members (excludes halogenated alkanes) is 1. The van der Waals surface area contributed by atoms with Gasteiger partial charge in [-0.15, -0.1) is 5.10 Å². The fourth-order valence-electron chi connectivity index (χ4n) is 6.56. The normalized spacial score (nSPS) is 30.3. The van der Waals surface area contributed by atoms with Gasteiger partial charge >= 0.3 is 12.1 Å². The molecule has 2 fully saturated rings. The number of carbonyl (C=O) groups is 3. The Morgan fingerprint density at radius 3 is 2.60 bits per heavy atom. The second-order valence-corrected chi connectivity index (χ2v) is 12.8. The van der Waals surface area contributed by atoms with Crippen LogP contribution in [0.25, 0.3) is 11.3 Å². The minimum absolute atomic E-state index is 0.137. The molecule has 7 atom stereocenters. The Kier molecular flexibility index (Phi) is 11.6. The van der Waals surface area contributed by atoms with E-state index in [9.17, 15) is 14.4 Å².